The largest absolute Gasteiger partial charge is 0.465 e. The maximum absolute atomic E-state index is 11.8. The maximum atomic E-state index is 11.8. The molecule has 3 aromatic rings. The molecule has 3 rings (SSSR count). The minimum atomic E-state index is -0.754. The number of aromatic nitrogens is 2. The van der Waals surface area contributed by atoms with Crippen LogP contribution in [0.4, 0.5) is 5.13 Å². The fourth-order valence-electron chi connectivity index (χ4n) is 2.05. The van der Waals surface area contributed by atoms with E-state index in [1.54, 1.807) is 12.4 Å². The van der Waals surface area contributed by atoms with Gasteiger partial charge in [-0.2, -0.15) is 4.98 Å². The molecule has 0 aromatic carbocycles. The van der Waals surface area contributed by atoms with Gasteiger partial charge in [-0.15, -0.1) is 0 Å². The Bertz CT molecular complexity index is 904. The van der Waals surface area contributed by atoms with Crippen molar-refractivity contribution in [1.29, 1.82) is 0 Å². The normalized spacial score (nSPS) is 10.7. The van der Waals surface area contributed by atoms with Gasteiger partial charge >= 0.3 is 11.6 Å². The highest BCUT2D eigenvalue weighted by molar-refractivity contribution is 7.22. The summed E-state index contributed by atoms with van der Waals surface area (Å²) in [5, 5.41) is 0.675. The number of nitrogens with zero attached hydrogens (tertiary/aromatic N) is 3. The summed E-state index contributed by atoms with van der Waals surface area (Å²) in [5.74, 6) is -0.723. The van der Waals surface area contributed by atoms with E-state index in [9.17, 15) is 9.59 Å². The number of carbonyl (C=O) groups excluding carboxylic acids is 1. The van der Waals surface area contributed by atoms with Crippen molar-refractivity contribution < 1.29 is 13.9 Å². The Kier molecular flexibility index (Phi) is 4.07. The summed E-state index contributed by atoms with van der Waals surface area (Å²) in [7, 11) is 3.09. The second kappa shape index (κ2) is 6.17. The molecule has 3 heterocycles. The van der Waals surface area contributed by atoms with E-state index in [-0.39, 0.29) is 11.3 Å². The molecule has 0 bridgehead atoms. The van der Waals surface area contributed by atoms with Gasteiger partial charge in [-0.3, -0.25) is 4.98 Å². The zero-order valence-corrected chi connectivity index (χ0v) is 13.3. The Labute approximate surface area is 135 Å². The summed E-state index contributed by atoms with van der Waals surface area (Å²) in [6.07, 6.45) is 3.49. The average molecular weight is 331 g/mol. The minimum absolute atomic E-state index is 0.134. The van der Waals surface area contributed by atoms with Gasteiger partial charge < -0.3 is 14.1 Å². The van der Waals surface area contributed by atoms with Gasteiger partial charge in [0, 0.05) is 26.0 Å². The predicted molar refractivity (Wildman–Crippen MR) is 85.8 cm³/mol. The topological polar surface area (TPSA) is 85.5 Å². The SMILES string of the molecule is COC(=O)c1cc2sc(N(C)Cc3cccnc3)nc2oc1=O. The van der Waals surface area contributed by atoms with Gasteiger partial charge in [0.1, 0.15) is 5.56 Å². The third kappa shape index (κ3) is 3.07. The van der Waals surface area contributed by atoms with Crippen molar-refractivity contribution in [3.05, 3.63) is 52.1 Å². The molecule has 0 aliphatic carbocycles. The fourth-order valence-corrected chi connectivity index (χ4v) is 2.95. The first-order valence-electron chi connectivity index (χ1n) is 6.71. The molecule has 0 saturated heterocycles. The molecule has 7 nitrogen and oxygen atoms in total. The number of pyridine rings is 1. The Morgan fingerprint density at radius 3 is 3.00 bits per heavy atom. The predicted octanol–water partition coefficient (Wildman–Crippen LogP) is 2.07. The van der Waals surface area contributed by atoms with E-state index in [1.807, 2.05) is 24.1 Å². The van der Waals surface area contributed by atoms with Crippen LogP contribution in [0.1, 0.15) is 15.9 Å². The molecule has 0 radical (unpaired) electrons. The van der Waals surface area contributed by atoms with Crippen molar-refractivity contribution in [1.82, 2.24) is 9.97 Å². The molecule has 0 fully saturated rings. The van der Waals surface area contributed by atoms with Crippen molar-refractivity contribution in [2.75, 3.05) is 19.1 Å². The van der Waals surface area contributed by atoms with Gasteiger partial charge in [-0.05, 0) is 17.7 Å². The highest BCUT2D eigenvalue weighted by Crippen LogP contribution is 2.28. The quantitative estimate of drug-likeness (QED) is 0.676. The number of methoxy groups -OCH3 is 1. The molecule has 3 aromatic heterocycles. The summed E-state index contributed by atoms with van der Waals surface area (Å²) in [4.78, 5) is 33.6. The second-order valence-electron chi connectivity index (χ2n) is 4.82. The first kappa shape index (κ1) is 15.2. The molecule has 0 aliphatic rings. The number of fused-ring (bicyclic) bond motifs is 1. The third-order valence-electron chi connectivity index (χ3n) is 3.17. The number of anilines is 1. The lowest BCUT2D eigenvalue weighted by molar-refractivity contribution is 0.0596. The summed E-state index contributed by atoms with van der Waals surface area (Å²) in [5.41, 5.74) is 0.355. The molecule has 23 heavy (non-hydrogen) atoms. The maximum Gasteiger partial charge on any atom is 0.352 e. The number of thiazole rings is 1. The number of carbonyl (C=O) groups is 1. The Morgan fingerprint density at radius 1 is 1.48 bits per heavy atom. The Hall–Kier alpha value is -2.74. The van der Waals surface area contributed by atoms with E-state index in [0.717, 1.165) is 5.56 Å². The Balaban J connectivity index is 1.93. The van der Waals surface area contributed by atoms with E-state index in [0.29, 0.717) is 16.4 Å². The second-order valence-corrected chi connectivity index (χ2v) is 5.83. The molecular weight excluding hydrogens is 318 g/mol. The van der Waals surface area contributed by atoms with Crippen LogP contribution in [-0.4, -0.2) is 30.1 Å². The average Bonchev–Trinajstić information content (AvgIpc) is 2.97. The molecule has 8 heteroatoms. The molecule has 0 amide bonds. The van der Waals surface area contributed by atoms with Crippen LogP contribution >= 0.6 is 11.3 Å². The molecule has 0 unspecified atom stereocenters. The van der Waals surface area contributed by atoms with E-state index < -0.39 is 11.6 Å². The van der Waals surface area contributed by atoms with Crippen molar-refractivity contribution in [2.24, 2.45) is 0 Å². The molecule has 0 saturated carbocycles. The van der Waals surface area contributed by atoms with Crippen molar-refractivity contribution in [3.63, 3.8) is 0 Å². The van der Waals surface area contributed by atoms with Crippen molar-refractivity contribution >= 4 is 32.9 Å². The highest BCUT2D eigenvalue weighted by Gasteiger charge is 2.17. The van der Waals surface area contributed by atoms with Crippen LogP contribution in [-0.2, 0) is 11.3 Å². The van der Waals surface area contributed by atoms with Crippen LogP contribution in [0.2, 0.25) is 0 Å². The monoisotopic (exact) mass is 331 g/mol. The highest BCUT2D eigenvalue weighted by atomic mass is 32.1. The zero-order valence-electron chi connectivity index (χ0n) is 12.5. The van der Waals surface area contributed by atoms with Gasteiger partial charge in [0.05, 0.1) is 11.8 Å². The summed E-state index contributed by atoms with van der Waals surface area (Å²) in [6.45, 7) is 0.613. The van der Waals surface area contributed by atoms with Crippen LogP contribution in [0, 0.1) is 0 Å². The summed E-state index contributed by atoms with van der Waals surface area (Å²) < 4.78 is 10.3. The van der Waals surface area contributed by atoms with Crippen LogP contribution in [0.25, 0.3) is 10.4 Å². The molecule has 118 valence electrons. The fraction of sp³-hybridized carbons (Fsp3) is 0.200. The summed E-state index contributed by atoms with van der Waals surface area (Å²) in [6, 6.07) is 5.28. The van der Waals surface area contributed by atoms with E-state index in [2.05, 4.69) is 14.7 Å². The van der Waals surface area contributed by atoms with Crippen LogP contribution < -0.4 is 10.5 Å². The van der Waals surface area contributed by atoms with Crippen LogP contribution in [0.5, 0.6) is 0 Å². The zero-order chi connectivity index (χ0) is 16.4. The number of rotatable bonds is 4. The minimum Gasteiger partial charge on any atom is -0.465 e. The summed E-state index contributed by atoms with van der Waals surface area (Å²) >= 11 is 1.33. The first-order chi connectivity index (χ1) is 11.1. The van der Waals surface area contributed by atoms with Crippen LogP contribution in [0.15, 0.2) is 39.8 Å². The Morgan fingerprint density at radius 2 is 2.30 bits per heavy atom. The first-order valence-corrected chi connectivity index (χ1v) is 7.53. The molecule has 0 N–H and O–H groups in total. The number of ether oxygens (including phenoxy) is 1. The molecule has 0 spiro atoms. The standard InChI is InChI=1S/C15H13N3O4S/c1-18(8-9-4-3-5-16-7-9)15-17-12-11(23-15)6-10(13(19)21-2)14(20)22-12/h3-7H,8H2,1-2H3. The lowest BCUT2D eigenvalue weighted by Gasteiger charge is -2.14. The molecule has 0 aliphatic heterocycles. The van der Waals surface area contributed by atoms with Crippen molar-refractivity contribution in [3.8, 4) is 0 Å². The van der Waals surface area contributed by atoms with Crippen LogP contribution in [0.3, 0.4) is 0 Å². The van der Waals surface area contributed by atoms with Gasteiger partial charge in [0.2, 0.25) is 5.71 Å². The third-order valence-corrected chi connectivity index (χ3v) is 4.27. The van der Waals surface area contributed by atoms with E-state index in [1.165, 1.54) is 24.5 Å². The van der Waals surface area contributed by atoms with Crippen molar-refractivity contribution in [2.45, 2.75) is 6.54 Å². The molecule has 0 atom stereocenters. The van der Waals surface area contributed by atoms with Gasteiger partial charge in [0.25, 0.3) is 0 Å². The smallest absolute Gasteiger partial charge is 0.352 e. The lowest BCUT2D eigenvalue weighted by Crippen LogP contribution is -2.16. The number of esters is 1. The van der Waals surface area contributed by atoms with Gasteiger partial charge in [-0.25, -0.2) is 9.59 Å². The lowest BCUT2D eigenvalue weighted by atomic mass is 10.3. The van der Waals surface area contributed by atoms with E-state index in [4.69, 9.17) is 4.42 Å². The molecular formula is C15H13N3O4S. The van der Waals surface area contributed by atoms with Gasteiger partial charge in [-0.1, -0.05) is 17.4 Å². The van der Waals surface area contributed by atoms with E-state index >= 15 is 0 Å². The number of hydrogen-bond acceptors (Lipinski definition) is 8. The van der Waals surface area contributed by atoms with Gasteiger partial charge in [0.15, 0.2) is 5.13 Å². The number of hydrogen-bond donors (Lipinski definition) is 0.